The lowest BCUT2D eigenvalue weighted by Crippen LogP contribution is -2.47. The Hall–Kier alpha value is -2.62. The van der Waals surface area contributed by atoms with Crippen molar-refractivity contribution in [1.82, 2.24) is 5.32 Å². The van der Waals surface area contributed by atoms with E-state index in [2.05, 4.69) is 17.6 Å². The van der Waals surface area contributed by atoms with E-state index in [4.69, 9.17) is 0 Å². The van der Waals surface area contributed by atoms with Gasteiger partial charge in [-0.05, 0) is 42.2 Å². The average Bonchev–Trinajstić information content (AvgIpc) is 2.66. The minimum absolute atomic E-state index is 0.0302. The second kappa shape index (κ2) is 9.02. The van der Waals surface area contributed by atoms with Gasteiger partial charge in [-0.2, -0.15) is 0 Å². The highest BCUT2D eigenvalue weighted by Crippen LogP contribution is 2.14. The monoisotopic (exact) mass is 338 g/mol. The van der Waals surface area contributed by atoms with Gasteiger partial charge in [0.25, 0.3) is 5.91 Å². The van der Waals surface area contributed by atoms with Gasteiger partial charge in [-0.15, -0.1) is 0 Å². The number of amides is 2. The molecule has 0 aromatic heterocycles. The van der Waals surface area contributed by atoms with Crippen molar-refractivity contribution in [3.05, 3.63) is 65.7 Å². The summed E-state index contributed by atoms with van der Waals surface area (Å²) < 4.78 is 0. The smallest absolute Gasteiger partial charge is 0.251 e. The summed E-state index contributed by atoms with van der Waals surface area (Å²) in [5.41, 5.74) is 2.51. The summed E-state index contributed by atoms with van der Waals surface area (Å²) in [5.74, 6) is -0.396. The van der Waals surface area contributed by atoms with Gasteiger partial charge >= 0.3 is 0 Å². The molecule has 2 aromatic carbocycles. The van der Waals surface area contributed by atoms with Crippen LogP contribution >= 0.6 is 0 Å². The van der Waals surface area contributed by atoms with Gasteiger partial charge in [-0.25, -0.2) is 0 Å². The van der Waals surface area contributed by atoms with Crippen LogP contribution in [0.2, 0.25) is 0 Å². The summed E-state index contributed by atoms with van der Waals surface area (Å²) in [7, 11) is 0. The zero-order chi connectivity index (χ0) is 18.2. The molecule has 2 atom stereocenters. The van der Waals surface area contributed by atoms with Crippen molar-refractivity contribution in [2.75, 3.05) is 5.32 Å². The number of aryl methyl sites for hydroxylation is 1. The highest BCUT2D eigenvalue weighted by atomic mass is 16.2. The molecule has 0 spiro atoms. The molecule has 132 valence electrons. The van der Waals surface area contributed by atoms with Gasteiger partial charge in [0.05, 0.1) is 0 Å². The van der Waals surface area contributed by atoms with E-state index in [1.165, 1.54) is 5.56 Å². The van der Waals surface area contributed by atoms with Gasteiger partial charge in [0.1, 0.15) is 6.04 Å². The summed E-state index contributed by atoms with van der Waals surface area (Å²) in [6, 6.07) is 16.2. The zero-order valence-electron chi connectivity index (χ0n) is 15.1. The van der Waals surface area contributed by atoms with Crippen LogP contribution in [-0.2, 0) is 11.2 Å². The molecular formula is C21H26N2O2. The lowest BCUT2D eigenvalue weighted by Gasteiger charge is -2.23. The van der Waals surface area contributed by atoms with E-state index < -0.39 is 6.04 Å². The van der Waals surface area contributed by atoms with Crippen LogP contribution < -0.4 is 10.6 Å². The Morgan fingerprint density at radius 1 is 0.960 bits per heavy atom. The molecule has 2 N–H and O–H groups in total. The van der Waals surface area contributed by atoms with Crippen LogP contribution in [0.25, 0.3) is 0 Å². The molecule has 0 aliphatic rings. The fourth-order valence-corrected chi connectivity index (χ4v) is 2.56. The lowest BCUT2D eigenvalue weighted by molar-refractivity contribution is -0.119. The van der Waals surface area contributed by atoms with Crippen LogP contribution in [0, 0.1) is 5.92 Å². The Balaban J connectivity index is 2.10. The first kappa shape index (κ1) is 18.7. The molecule has 0 saturated carbocycles. The molecule has 25 heavy (non-hydrogen) atoms. The molecule has 0 heterocycles. The number of carbonyl (C=O) groups excluding carboxylic acids is 2. The standard InChI is InChI=1S/C21H26N2O2/c1-4-15(3)19(23-20(24)17-9-7-6-8-10-17)21(25)22-18-13-11-16(5-2)12-14-18/h6-15,19H,4-5H2,1-3H3,(H,22,25)(H,23,24)/t15-,19-/m0/s1. The second-order valence-corrected chi connectivity index (χ2v) is 6.24. The maximum atomic E-state index is 12.7. The predicted molar refractivity (Wildman–Crippen MR) is 102 cm³/mol. The van der Waals surface area contributed by atoms with Crippen LogP contribution in [0.3, 0.4) is 0 Å². The Kier molecular flexibility index (Phi) is 6.75. The van der Waals surface area contributed by atoms with Crippen molar-refractivity contribution in [2.45, 2.75) is 39.7 Å². The quantitative estimate of drug-likeness (QED) is 0.801. The third-order valence-electron chi connectivity index (χ3n) is 4.45. The molecule has 0 saturated heterocycles. The number of benzene rings is 2. The number of carbonyl (C=O) groups is 2. The van der Waals surface area contributed by atoms with Crippen LogP contribution in [-0.4, -0.2) is 17.9 Å². The van der Waals surface area contributed by atoms with Gasteiger partial charge in [-0.1, -0.05) is 57.5 Å². The Bertz CT molecular complexity index is 696. The summed E-state index contributed by atoms with van der Waals surface area (Å²) in [6.45, 7) is 6.07. The number of rotatable bonds is 7. The second-order valence-electron chi connectivity index (χ2n) is 6.24. The number of hydrogen-bond acceptors (Lipinski definition) is 2. The largest absolute Gasteiger partial charge is 0.340 e. The van der Waals surface area contributed by atoms with Crippen LogP contribution in [0.1, 0.15) is 43.1 Å². The van der Waals surface area contributed by atoms with Gasteiger partial charge in [0.15, 0.2) is 0 Å². The van der Waals surface area contributed by atoms with Crippen molar-refractivity contribution in [2.24, 2.45) is 5.92 Å². The normalized spacial score (nSPS) is 12.9. The van der Waals surface area contributed by atoms with E-state index in [1.807, 2.05) is 56.3 Å². The van der Waals surface area contributed by atoms with Gasteiger partial charge in [0.2, 0.25) is 5.91 Å². The Morgan fingerprint density at radius 2 is 1.60 bits per heavy atom. The maximum absolute atomic E-state index is 12.7. The molecule has 4 heteroatoms. The van der Waals surface area contributed by atoms with Gasteiger partial charge in [0, 0.05) is 11.3 Å². The molecule has 0 aliphatic carbocycles. The molecule has 4 nitrogen and oxygen atoms in total. The summed E-state index contributed by atoms with van der Waals surface area (Å²) >= 11 is 0. The van der Waals surface area contributed by atoms with E-state index in [1.54, 1.807) is 12.1 Å². The van der Waals surface area contributed by atoms with E-state index in [9.17, 15) is 9.59 Å². The van der Waals surface area contributed by atoms with Crippen LogP contribution in [0.15, 0.2) is 54.6 Å². The number of nitrogens with one attached hydrogen (secondary N) is 2. The molecule has 0 aliphatic heterocycles. The predicted octanol–water partition coefficient (Wildman–Crippen LogP) is 4.03. The maximum Gasteiger partial charge on any atom is 0.251 e. The zero-order valence-corrected chi connectivity index (χ0v) is 15.1. The molecule has 0 radical (unpaired) electrons. The SMILES string of the molecule is CCc1ccc(NC(=O)[C@@H](NC(=O)c2ccccc2)[C@@H](C)CC)cc1. The first-order valence-corrected chi connectivity index (χ1v) is 8.80. The molecule has 2 amide bonds. The lowest BCUT2D eigenvalue weighted by atomic mass is 9.97. The highest BCUT2D eigenvalue weighted by Gasteiger charge is 2.26. The summed E-state index contributed by atoms with van der Waals surface area (Å²) in [6.07, 6.45) is 1.75. The summed E-state index contributed by atoms with van der Waals surface area (Å²) in [4.78, 5) is 25.1. The molecule has 2 rings (SSSR count). The van der Waals surface area contributed by atoms with E-state index in [-0.39, 0.29) is 17.7 Å². The fraction of sp³-hybridized carbons (Fsp3) is 0.333. The van der Waals surface area contributed by atoms with Gasteiger partial charge < -0.3 is 10.6 Å². The van der Waals surface area contributed by atoms with E-state index in [0.717, 1.165) is 18.5 Å². The third-order valence-corrected chi connectivity index (χ3v) is 4.45. The van der Waals surface area contributed by atoms with Gasteiger partial charge in [-0.3, -0.25) is 9.59 Å². The third kappa shape index (κ3) is 5.18. The van der Waals surface area contributed by atoms with Crippen molar-refractivity contribution < 1.29 is 9.59 Å². The van der Waals surface area contributed by atoms with Crippen LogP contribution in [0.5, 0.6) is 0 Å². The molecular weight excluding hydrogens is 312 g/mol. The minimum Gasteiger partial charge on any atom is -0.340 e. The molecule has 0 fully saturated rings. The minimum atomic E-state index is -0.580. The van der Waals surface area contributed by atoms with E-state index in [0.29, 0.717) is 5.56 Å². The Labute approximate surface area is 149 Å². The van der Waals surface area contributed by atoms with Crippen molar-refractivity contribution in [3.8, 4) is 0 Å². The van der Waals surface area contributed by atoms with Crippen LogP contribution in [0.4, 0.5) is 5.69 Å². The highest BCUT2D eigenvalue weighted by molar-refractivity contribution is 6.01. The molecule has 0 unspecified atom stereocenters. The first-order valence-electron chi connectivity index (χ1n) is 8.80. The number of anilines is 1. The van der Waals surface area contributed by atoms with Crippen molar-refractivity contribution in [1.29, 1.82) is 0 Å². The van der Waals surface area contributed by atoms with Crippen molar-refractivity contribution >= 4 is 17.5 Å². The first-order chi connectivity index (χ1) is 12.0. The molecule has 0 bridgehead atoms. The summed E-state index contributed by atoms with van der Waals surface area (Å²) in [5, 5.41) is 5.79. The average molecular weight is 338 g/mol. The van der Waals surface area contributed by atoms with E-state index >= 15 is 0 Å². The fourth-order valence-electron chi connectivity index (χ4n) is 2.56. The Morgan fingerprint density at radius 3 is 2.16 bits per heavy atom. The topological polar surface area (TPSA) is 58.2 Å². The van der Waals surface area contributed by atoms with Crippen molar-refractivity contribution in [3.63, 3.8) is 0 Å². The molecule has 2 aromatic rings. The number of hydrogen-bond donors (Lipinski definition) is 2.